The number of halogens is 1. The van der Waals surface area contributed by atoms with Crippen molar-refractivity contribution < 1.29 is 23.7 Å². The summed E-state index contributed by atoms with van der Waals surface area (Å²) in [4.78, 5) is 33.1. The highest BCUT2D eigenvalue weighted by atomic mass is 35.5. The Morgan fingerprint density at radius 1 is 1.11 bits per heavy atom. The van der Waals surface area contributed by atoms with Crippen molar-refractivity contribution >= 4 is 34.6 Å². The molecule has 0 bridgehead atoms. The number of ether oxygens (including phenoxy) is 4. The summed E-state index contributed by atoms with van der Waals surface area (Å²) in [6, 6.07) is 14.5. The summed E-state index contributed by atoms with van der Waals surface area (Å²) >= 11 is 6.65. The fraction of sp³-hybridized carbons (Fsp3) is 0.353. The minimum Gasteiger partial charge on any atom is -0.496 e. The molecule has 1 aliphatic rings. The number of aryl methyl sites for hydroxylation is 1. The van der Waals surface area contributed by atoms with Crippen LogP contribution in [0.4, 0.5) is 0 Å². The molecule has 11 heteroatoms. The Morgan fingerprint density at radius 3 is 2.58 bits per heavy atom. The van der Waals surface area contributed by atoms with Crippen LogP contribution in [0.25, 0.3) is 22.3 Å². The van der Waals surface area contributed by atoms with Crippen LogP contribution in [0.1, 0.15) is 43.4 Å². The number of methoxy groups -OCH3 is 1. The molecular weight excluding hydrogens is 596 g/mol. The zero-order chi connectivity index (χ0) is 32.1. The lowest BCUT2D eigenvalue weighted by Crippen LogP contribution is -2.43. The lowest BCUT2D eigenvalue weighted by molar-refractivity contribution is -0.137. The van der Waals surface area contributed by atoms with Gasteiger partial charge < -0.3 is 23.8 Å². The van der Waals surface area contributed by atoms with Crippen LogP contribution in [0.3, 0.4) is 0 Å². The van der Waals surface area contributed by atoms with Gasteiger partial charge in [-0.3, -0.25) is 9.59 Å². The van der Waals surface area contributed by atoms with Gasteiger partial charge >= 0.3 is 0 Å². The Balaban J connectivity index is 1.55. The maximum atomic E-state index is 13.8. The van der Waals surface area contributed by atoms with Gasteiger partial charge in [0.1, 0.15) is 5.75 Å². The molecule has 4 aromatic rings. The van der Waals surface area contributed by atoms with Crippen molar-refractivity contribution in [1.82, 2.24) is 14.6 Å². The normalized spacial score (nSPS) is 13.5. The van der Waals surface area contributed by atoms with Gasteiger partial charge in [0.2, 0.25) is 0 Å². The van der Waals surface area contributed by atoms with Crippen molar-refractivity contribution in [3.05, 3.63) is 80.6 Å². The van der Waals surface area contributed by atoms with E-state index in [1.165, 1.54) is 10.9 Å². The minimum atomic E-state index is -0.314. The Hall–Kier alpha value is -4.41. The van der Waals surface area contributed by atoms with Gasteiger partial charge in [0, 0.05) is 18.7 Å². The van der Waals surface area contributed by atoms with E-state index >= 15 is 0 Å². The molecule has 45 heavy (non-hydrogen) atoms. The van der Waals surface area contributed by atoms with Gasteiger partial charge in [0.05, 0.1) is 49.1 Å². The zero-order valence-corrected chi connectivity index (χ0v) is 26.9. The van der Waals surface area contributed by atoms with Gasteiger partial charge in [-0.1, -0.05) is 37.6 Å². The number of amides is 1. The molecule has 10 nitrogen and oxygen atoms in total. The van der Waals surface area contributed by atoms with E-state index in [2.05, 4.69) is 18.9 Å². The van der Waals surface area contributed by atoms with E-state index in [4.69, 9.17) is 35.5 Å². The molecule has 3 aromatic carbocycles. The number of aromatic nitrogens is 2. The SMILES string of the molecule is CCOc1cc(C=Nn2c(-c3cc(C(C)C)c(OC)cc3C)nc3ccccc3c2=O)cc(Cl)c1OCC(=O)N1CCOCC1. The minimum absolute atomic E-state index is 0.160. The Kier molecular flexibility index (Phi) is 10.0. The second kappa shape index (κ2) is 14.1. The topological polar surface area (TPSA) is 104 Å². The average molecular weight is 633 g/mol. The van der Waals surface area contributed by atoms with Crippen LogP contribution in [0, 0.1) is 6.92 Å². The number of carbonyl (C=O) groups excluding carboxylic acids is 1. The third-order valence-corrected chi connectivity index (χ3v) is 7.83. The molecule has 236 valence electrons. The van der Waals surface area contributed by atoms with E-state index in [0.29, 0.717) is 61.0 Å². The number of morpholine rings is 1. The second-order valence-corrected chi connectivity index (χ2v) is 11.3. The molecule has 0 saturated carbocycles. The highest BCUT2D eigenvalue weighted by Crippen LogP contribution is 2.37. The first-order chi connectivity index (χ1) is 21.7. The van der Waals surface area contributed by atoms with Crippen LogP contribution in [-0.4, -0.2) is 73.3 Å². The predicted octanol–water partition coefficient (Wildman–Crippen LogP) is 5.68. The van der Waals surface area contributed by atoms with E-state index in [-0.39, 0.29) is 34.8 Å². The van der Waals surface area contributed by atoms with Crippen LogP contribution in [0.15, 0.2) is 58.4 Å². The Morgan fingerprint density at radius 2 is 1.87 bits per heavy atom. The first-order valence-electron chi connectivity index (χ1n) is 14.9. The summed E-state index contributed by atoms with van der Waals surface area (Å²) < 4.78 is 23.9. The number of rotatable bonds is 10. The molecular formula is C34H37ClN4O6. The Labute approximate surface area is 267 Å². The molecule has 1 aliphatic heterocycles. The standard InChI is InChI=1S/C34H37ClN4O6/c1-6-44-30-17-23(16-27(35)32(30)45-20-31(40)38-11-13-43-14-12-38)19-36-39-33(37-28-10-8-7-9-24(28)34(39)41)26-18-25(21(2)3)29(42-5)15-22(26)4/h7-10,15-19,21H,6,11-14,20H2,1-5H3. The summed E-state index contributed by atoms with van der Waals surface area (Å²) in [5.74, 6) is 1.81. The van der Waals surface area contributed by atoms with Crippen LogP contribution in [-0.2, 0) is 9.53 Å². The maximum absolute atomic E-state index is 13.8. The van der Waals surface area contributed by atoms with Gasteiger partial charge in [0.15, 0.2) is 23.9 Å². The van der Waals surface area contributed by atoms with Gasteiger partial charge in [0.25, 0.3) is 11.5 Å². The number of benzene rings is 3. The number of carbonyl (C=O) groups is 1. The maximum Gasteiger partial charge on any atom is 0.282 e. The van der Waals surface area contributed by atoms with Crippen LogP contribution >= 0.6 is 11.6 Å². The van der Waals surface area contributed by atoms with Crippen molar-refractivity contribution in [2.45, 2.75) is 33.6 Å². The van der Waals surface area contributed by atoms with Crippen molar-refractivity contribution in [2.75, 3.05) is 46.6 Å². The van der Waals surface area contributed by atoms with Crippen molar-refractivity contribution in [3.63, 3.8) is 0 Å². The molecule has 0 N–H and O–H groups in total. The second-order valence-electron chi connectivity index (χ2n) is 10.9. The van der Waals surface area contributed by atoms with Crippen molar-refractivity contribution in [3.8, 4) is 28.6 Å². The van der Waals surface area contributed by atoms with Crippen LogP contribution < -0.4 is 19.8 Å². The van der Waals surface area contributed by atoms with Crippen LogP contribution in [0.2, 0.25) is 5.02 Å². The summed E-state index contributed by atoms with van der Waals surface area (Å²) in [5, 5.41) is 5.31. The van der Waals surface area contributed by atoms with Gasteiger partial charge in [-0.2, -0.15) is 9.78 Å². The fourth-order valence-electron chi connectivity index (χ4n) is 5.20. The van der Waals surface area contributed by atoms with E-state index in [1.54, 1.807) is 36.3 Å². The highest BCUT2D eigenvalue weighted by Gasteiger charge is 2.21. The monoisotopic (exact) mass is 632 g/mol. The lowest BCUT2D eigenvalue weighted by atomic mass is 9.96. The number of hydrogen-bond donors (Lipinski definition) is 0. The Bertz CT molecular complexity index is 1800. The smallest absolute Gasteiger partial charge is 0.282 e. The molecule has 0 aliphatic carbocycles. The van der Waals surface area contributed by atoms with Gasteiger partial charge in [-0.05, 0) is 72.9 Å². The molecule has 0 unspecified atom stereocenters. The van der Waals surface area contributed by atoms with Crippen molar-refractivity contribution in [1.29, 1.82) is 0 Å². The third-order valence-electron chi connectivity index (χ3n) is 7.55. The molecule has 1 aromatic heterocycles. The van der Waals surface area contributed by atoms with Gasteiger partial charge in [-0.25, -0.2) is 4.98 Å². The average Bonchev–Trinajstić information content (AvgIpc) is 3.04. The first kappa shape index (κ1) is 32.0. The molecule has 5 rings (SSSR count). The third kappa shape index (κ3) is 6.97. The summed E-state index contributed by atoms with van der Waals surface area (Å²) in [6.07, 6.45) is 1.53. The molecule has 0 radical (unpaired) electrons. The number of fused-ring (bicyclic) bond motifs is 1. The number of nitrogens with zero attached hydrogens (tertiary/aromatic N) is 4. The zero-order valence-electron chi connectivity index (χ0n) is 26.1. The molecule has 0 spiro atoms. The highest BCUT2D eigenvalue weighted by molar-refractivity contribution is 6.32. The lowest BCUT2D eigenvalue weighted by Gasteiger charge is -2.27. The van der Waals surface area contributed by atoms with E-state index in [0.717, 1.165) is 22.4 Å². The largest absolute Gasteiger partial charge is 0.496 e. The van der Waals surface area contributed by atoms with E-state index < -0.39 is 0 Å². The molecule has 1 fully saturated rings. The van der Waals surface area contributed by atoms with E-state index in [9.17, 15) is 9.59 Å². The van der Waals surface area contributed by atoms with Crippen LogP contribution in [0.5, 0.6) is 17.2 Å². The molecule has 1 amide bonds. The first-order valence-corrected chi connectivity index (χ1v) is 15.3. The molecule has 0 atom stereocenters. The number of hydrogen-bond acceptors (Lipinski definition) is 8. The quantitative estimate of drug-likeness (QED) is 0.207. The van der Waals surface area contributed by atoms with E-state index in [1.807, 2.05) is 38.1 Å². The summed E-state index contributed by atoms with van der Waals surface area (Å²) in [5.41, 5.74) is 3.46. The van der Waals surface area contributed by atoms with Crippen molar-refractivity contribution in [2.24, 2.45) is 5.10 Å². The number of para-hydroxylation sites is 1. The summed E-state index contributed by atoms with van der Waals surface area (Å²) in [7, 11) is 1.65. The predicted molar refractivity (Wildman–Crippen MR) is 175 cm³/mol. The fourth-order valence-corrected chi connectivity index (χ4v) is 5.47. The molecule has 1 saturated heterocycles. The summed E-state index contributed by atoms with van der Waals surface area (Å²) in [6.45, 7) is 10.2. The van der Waals surface area contributed by atoms with Gasteiger partial charge in [-0.15, -0.1) is 0 Å². The molecule has 2 heterocycles.